The average molecular weight is 254 g/mol. The Hall–Kier alpha value is -1.06. The second-order valence-electron chi connectivity index (χ2n) is 3.63. The third kappa shape index (κ3) is 2.54. The van der Waals surface area contributed by atoms with Gasteiger partial charge in [-0.05, 0) is 40.9 Å². The molecule has 0 aliphatic rings. The molecule has 1 N–H and O–H groups in total. The molecule has 2 aromatic rings. The van der Waals surface area contributed by atoms with E-state index in [0.29, 0.717) is 6.54 Å². The first kappa shape index (κ1) is 11.4. The van der Waals surface area contributed by atoms with Crippen molar-refractivity contribution >= 4 is 38.9 Å². The van der Waals surface area contributed by atoms with E-state index in [9.17, 15) is 4.79 Å². The number of fused-ring (bicyclic) bond motifs is 1. The summed E-state index contributed by atoms with van der Waals surface area (Å²) in [5.41, 5.74) is 1.25. The lowest BCUT2D eigenvalue weighted by molar-refractivity contribution is -0.118. The van der Waals surface area contributed by atoms with Gasteiger partial charge in [-0.25, -0.2) is 0 Å². The van der Waals surface area contributed by atoms with Crippen molar-refractivity contribution in [2.45, 2.75) is 13.3 Å². The zero-order valence-corrected chi connectivity index (χ0v) is 10.5. The normalized spacial score (nSPS) is 10.6. The van der Waals surface area contributed by atoms with E-state index in [1.165, 1.54) is 22.6 Å². The molecule has 4 heteroatoms. The number of amides is 1. The minimum atomic E-state index is 0.0116. The van der Waals surface area contributed by atoms with Crippen LogP contribution in [-0.2, 0) is 11.2 Å². The van der Waals surface area contributed by atoms with Gasteiger partial charge in [0.15, 0.2) is 0 Å². The second-order valence-corrected chi connectivity index (χ2v) is 4.98. The number of carbonyl (C=O) groups excluding carboxylic acids is 1. The molecule has 2 rings (SSSR count). The van der Waals surface area contributed by atoms with Crippen molar-refractivity contribution in [3.63, 3.8) is 0 Å². The number of hydrogen-bond acceptors (Lipinski definition) is 2. The highest BCUT2D eigenvalue weighted by molar-refractivity contribution is 7.17. The Bertz CT molecular complexity index is 521. The van der Waals surface area contributed by atoms with Gasteiger partial charge in [-0.3, -0.25) is 4.79 Å². The minimum Gasteiger partial charge on any atom is -0.356 e. The van der Waals surface area contributed by atoms with E-state index in [-0.39, 0.29) is 5.91 Å². The number of thiophene rings is 1. The topological polar surface area (TPSA) is 29.1 Å². The Kier molecular flexibility index (Phi) is 3.46. The first-order chi connectivity index (χ1) is 7.66. The molecule has 0 saturated heterocycles. The van der Waals surface area contributed by atoms with Gasteiger partial charge in [-0.2, -0.15) is 0 Å². The maximum atomic E-state index is 10.8. The van der Waals surface area contributed by atoms with Crippen molar-refractivity contribution in [3.8, 4) is 0 Å². The zero-order chi connectivity index (χ0) is 11.5. The molecule has 16 heavy (non-hydrogen) atoms. The Labute approximate surface area is 103 Å². The van der Waals surface area contributed by atoms with Gasteiger partial charge in [0.25, 0.3) is 0 Å². The average Bonchev–Trinajstić information content (AvgIpc) is 2.60. The zero-order valence-electron chi connectivity index (χ0n) is 8.92. The molecule has 2 nitrogen and oxygen atoms in total. The fraction of sp³-hybridized carbons (Fsp3) is 0.250. The standard InChI is InChI=1S/C12H12ClNOS/c1-8(15)14-5-4-9-7-16-12-3-2-10(13)6-11(9)12/h2-3,6-7H,4-5H2,1H3,(H,14,15). The Balaban J connectivity index is 2.17. The molecule has 84 valence electrons. The summed E-state index contributed by atoms with van der Waals surface area (Å²) in [5.74, 6) is 0.0116. The summed E-state index contributed by atoms with van der Waals surface area (Å²) in [7, 11) is 0. The van der Waals surface area contributed by atoms with E-state index in [4.69, 9.17) is 11.6 Å². The highest BCUT2D eigenvalue weighted by Crippen LogP contribution is 2.28. The van der Waals surface area contributed by atoms with E-state index in [1.54, 1.807) is 11.3 Å². The van der Waals surface area contributed by atoms with Crippen molar-refractivity contribution < 1.29 is 4.79 Å². The van der Waals surface area contributed by atoms with Crippen molar-refractivity contribution in [1.29, 1.82) is 0 Å². The predicted octanol–water partition coefficient (Wildman–Crippen LogP) is 3.23. The van der Waals surface area contributed by atoms with Crippen LogP contribution in [0.15, 0.2) is 23.6 Å². The van der Waals surface area contributed by atoms with Crippen molar-refractivity contribution in [2.24, 2.45) is 0 Å². The molecule has 0 atom stereocenters. The van der Waals surface area contributed by atoms with Crippen LogP contribution in [0.1, 0.15) is 12.5 Å². The fourth-order valence-corrected chi connectivity index (χ4v) is 2.77. The van der Waals surface area contributed by atoms with Crippen LogP contribution in [-0.4, -0.2) is 12.5 Å². The molecule has 0 unspecified atom stereocenters. The molecule has 1 aromatic heterocycles. The lowest BCUT2D eigenvalue weighted by atomic mass is 10.1. The monoisotopic (exact) mass is 253 g/mol. The highest BCUT2D eigenvalue weighted by atomic mass is 35.5. The first-order valence-electron chi connectivity index (χ1n) is 5.07. The summed E-state index contributed by atoms with van der Waals surface area (Å²) in [5, 5.41) is 6.88. The molecule has 1 aromatic carbocycles. The summed E-state index contributed by atoms with van der Waals surface area (Å²) in [6, 6.07) is 5.92. The number of benzene rings is 1. The first-order valence-corrected chi connectivity index (χ1v) is 6.32. The summed E-state index contributed by atoms with van der Waals surface area (Å²) in [6.45, 7) is 2.20. The fourth-order valence-electron chi connectivity index (χ4n) is 1.62. The third-order valence-corrected chi connectivity index (χ3v) is 3.63. The van der Waals surface area contributed by atoms with Gasteiger partial charge in [0.2, 0.25) is 5.91 Å². The van der Waals surface area contributed by atoms with Crippen molar-refractivity contribution in [1.82, 2.24) is 5.32 Å². The SMILES string of the molecule is CC(=O)NCCc1csc2ccc(Cl)cc12. The smallest absolute Gasteiger partial charge is 0.216 e. The van der Waals surface area contributed by atoms with E-state index in [2.05, 4.69) is 10.7 Å². The number of carbonyl (C=O) groups is 1. The largest absolute Gasteiger partial charge is 0.356 e. The van der Waals surface area contributed by atoms with Crippen LogP contribution in [0, 0.1) is 0 Å². The molecule has 1 amide bonds. The number of nitrogens with one attached hydrogen (secondary N) is 1. The summed E-state index contributed by atoms with van der Waals surface area (Å²) in [6.07, 6.45) is 0.847. The summed E-state index contributed by atoms with van der Waals surface area (Å²) >= 11 is 7.68. The van der Waals surface area contributed by atoms with Crippen LogP contribution in [0.5, 0.6) is 0 Å². The third-order valence-electron chi connectivity index (χ3n) is 2.38. The maximum Gasteiger partial charge on any atom is 0.216 e. The molecule has 0 aliphatic carbocycles. The Morgan fingerprint density at radius 1 is 1.50 bits per heavy atom. The van der Waals surface area contributed by atoms with Gasteiger partial charge in [0.05, 0.1) is 0 Å². The number of halogens is 1. The molecule has 0 saturated carbocycles. The lowest BCUT2D eigenvalue weighted by Crippen LogP contribution is -2.22. The molecule has 0 aliphatic heterocycles. The Morgan fingerprint density at radius 3 is 3.06 bits per heavy atom. The van der Waals surface area contributed by atoms with Gasteiger partial charge in [-0.1, -0.05) is 11.6 Å². The van der Waals surface area contributed by atoms with Crippen LogP contribution >= 0.6 is 22.9 Å². The minimum absolute atomic E-state index is 0.0116. The van der Waals surface area contributed by atoms with Crippen LogP contribution in [0.4, 0.5) is 0 Å². The van der Waals surface area contributed by atoms with Gasteiger partial charge in [0.1, 0.15) is 0 Å². The van der Waals surface area contributed by atoms with Crippen molar-refractivity contribution in [3.05, 3.63) is 34.2 Å². The molecular formula is C12H12ClNOS. The quantitative estimate of drug-likeness (QED) is 0.894. The predicted molar refractivity (Wildman–Crippen MR) is 69.2 cm³/mol. The maximum absolute atomic E-state index is 10.8. The van der Waals surface area contributed by atoms with Crippen molar-refractivity contribution in [2.75, 3.05) is 6.54 Å². The van der Waals surface area contributed by atoms with E-state index < -0.39 is 0 Å². The van der Waals surface area contributed by atoms with E-state index in [1.807, 2.05) is 18.2 Å². The molecule has 0 fully saturated rings. The Morgan fingerprint density at radius 2 is 2.31 bits per heavy atom. The molecular weight excluding hydrogens is 242 g/mol. The van der Waals surface area contributed by atoms with Crippen LogP contribution < -0.4 is 5.32 Å². The highest BCUT2D eigenvalue weighted by Gasteiger charge is 2.04. The lowest BCUT2D eigenvalue weighted by Gasteiger charge is -2.01. The van der Waals surface area contributed by atoms with Crippen LogP contribution in [0.3, 0.4) is 0 Å². The summed E-state index contributed by atoms with van der Waals surface area (Å²) in [4.78, 5) is 10.8. The molecule has 0 radical (unpaired) electrons. The van der Waals surface area contributed by atoms with Crippen LogP contribution in [0.25, 0.3) is 10.1 Å². The number of rotatable bonds is 3. The van der Waals surface area contributed by atoms with Gasteiger partial charge in [-0.15, -0.1) is 11.3 Å². The van der Waals surface area contributed by atoms with Gasteiger partial charge in [0, 0.05) is 23.2 Å². The second kappa shape index (κ2) is 4.85. The number of hydrogen-bond donors (Lipinski definition) is 1. The molecule has 0 bridgehead atoms. The van der Waals surface area contributed by atoms with Gasteiger partial charge < -0.3 is 5.32 Å². The van der Waals surface area contributed by atoms with Crippen LogP contribution in [0.2, 0.25) is 5.02 Å². The van der Waals surface area contributed by atoms with E-state index in [0.717, 1.165) is 11.4 Å². The molecule has 1 heterocycles. The summed E-state index contributed by atoms with van der Waals surface area (Å²) < 4.78 is 1.24. The molecule has 0 spiro atoms. The van der Waals surface area contributed by atoms with E-state index >= 15 is 0 Å². The van der Waals surface area contributed by atoms with Gasteiger partial charge >= 0.3 is 0 Å².